The number of anilines is 1. The minimum Gasteiger partial charge on any atom is -0.385 e. The summed E-state index contributed by atoms with van der Waals surface area (Å²) >= 11 is 1.81. The van der Waals surface area contributed by atoms with Crippen molar-refractivity contribution >= 4 is 17.0 Å². The highest BCUT2D eigenvalue weighted by molar-refractivity contribution is 7.11. The fourth-order valence-corrected chi connectivity index (χ4v) is 4.08. The third-order valence-electron chi connectivity index (χ3n) is 4.21. The van der Waals surface area contributed by atoms with Crippen LogP contribution in [0.15, 0.2) is 24.3 Å². The van der Waals surface area contributed by atoms with Gasteiger partial charge < -0.3 is 10.6 Å². The molecule has 1 aromatic carbocycles. The third-order valence-corrected chi connectivity index (χ3v) is 5.47. The van der Waals surface area contributed by atoms with Gasteiger partial charge in [-0.25, -0.2) is 4.98 Å². The molecule has 0 bridgehead atoms. The second-order valence-electron chi connectivity index (χ2n) is 5.81. The molecule has 1 aromatic heterocycles. The summed E-state index contributed by atoms with van der Waals surface area (Å²) in [6.07, 6.45) is 1.19. The van der Waals surface area contributed by atoms with Crippen molar-refractivity contribution in [1.82, 2.24) is 10.3 Å². The lowest BCUT2D eigenvalue weighted by Gasteiger charge is -2.28. The zero-order chi connectivity index (χ0) is 14.8. The molecule has 2 atom stereocenters. The van der Waals surface area contributed by atoms with E-state index in [4.69, 9.17) is 0 Å². The predicted molar refractivity (Wildman–Crippen MR) is 90.3 cm³/mol. The number of benzene rings is 1. The first kappa shape index (κ1) is 14.5. The van der Waals surface area contributed by atoms with Gasteiger partial charge in [0.25, 0.3) is 0 Å². The maximum atomic E-state index is 4.53. The van der Waals surface area contributed by atoms with Gasteiger partial charge >= 0.3 is 0 Å². The number of nitrogens with one attached hydrogen (secondary N) is 2. The number of aryl methyl sites for hydroxylation is 2. The maximum absolute atomic E-state index is 4.53. The van der Waals surface area contributed by atoms with Gasteiger partial charge in [0.15, 0.2) is 0 Å². The van der Waals surface area contributed by atoms with Crippen LogP contribution in [0.2, 0.25) is 0 Å². The third kappa shape index (κ3) is 3.11. The van der Waals surface area contributed by atoms with E-state index in [1.165, 1.54) is 28.2 Å². The molecule has 2 heterocycles. The van der Waals surface area contributed by atoms with Crippen molar-refractivity contribution in [3.63, 3.8) is 0 Å². The monoisotopic (exact) mass is 301 g/mol. The number of nitrogens with zero attached hydrogens (tertiary/aromatic N) is 1. The Labute approximate surface area is 130 Å². The quantitative estimate of drug-likeness (QED) is 0.896. The fraction of sp³-hybridized carbons (Fsp3) is 0.471. The van der Waals surface area contributed by atoms with Crippen molar-refractivity contribution < 1.29 is 0 Å². The van der Waals surface area contributed by atoms with Crippen molar-refractivity contribution in [2.24, 2.45) is 0 Å². The lowest BCUT2D eigenvalue weighted by atomic mass is 9.91. The molecule has 0 fully saturated rings. The van der Waals surface area contributed by atoms with E-state index in [2.05, 4.69) is 60.7 Å². The van der Waals surface area contributed by atoms with E-state index in [1.54, 1.807) is 0 Å². The van der Waals surface area contributed by atoms with Gasteiger partial charge in [-0.2, -0.15) is 0 Å². The molecule has 2 aromatic rings. The molecule has 21 heavy (non-hydrogen) atoms. The molecule has 1 aliphatic rings. The number of hydrogen-bond acceptors (Lipinski definition) is 4. The summed E-state index contributed by atoms with van der Waals surface area (Å²) in [5, 5.41) is 8.35. The average Bonchev–Trinajstić information content (AvgIpc) is 2.83. The second kappa shape index (κ2) is 6.16. The zero-order valence-corrected chi connectivity index (χ0v) is 13.8. The van der Waals surface area contributed by atoms with Crippen LogP contribution < -0.4 is 10.6 Å². The number of para-hydroxylation sites is 1. The smallest absolute Gasteiger partial charge is 0.0900 e. The second-order valence-corrected chi connectivity index (χ2v) is 7.05. The van der Waals surface area contributed by atoms with Gasteiger partial charge in [0.05, 0.1) is 10.7 Å². The summed E-state index contributed by atoms with van der Waals surface area (Å²) in [5.74, 6) is 0.597. The average molecular weight is 301 g/mol. The van der Waals surface area contributed by atoms with E-state index in [1.807, 2.05) is 11.3 Å². The molecule has 4 heteroatoms. The minimum absolute atomic E-state index is 0.373. The Kier molecular flexibility index (Phi) is 4.27. The highest BCUT2D eigenvalue weighted by Gasteiger charge is 2.21. The Balaban J connectivity index is 1.67. The summed E-state index contributed by atoms with van der Waals surface area (Å²) in [6.45, 7) is 8.52. The van der Waals surface area contributed by atoms with E-state index < -0.39 is 0 Å². The van der Waals surface area contributed by atoms with Crippen molar-refractivity contribution in [2.75, 3.05) is 18.4 Å². The maximum Gasteiger partial charge on any atom is 0.0900 e. The van der Waals surface area contributed by atoms with E-state index in [0.717, 1.165) is 18.1 Å². The zero-order valence-electron chi connectivity index (χ0n) is 12.9. The Morgan fingerprint density at radius 1 is 1.38 bits per heavy atom. The molecular formula is C17H23N3S. The normalized spacial score (nSPS) is 18.9. The van der Waals surface area contributed by atoms with Crippen molar-refractivity contribution in [3.05, 3.63) is 45.4 Å². The number of thiazole rings is 1. The SMILES string of the molecule is Cc1nc(C)c(C(C)NCC2CCNc3ccccc32)s1. The van der Waals surface area contributed by atoms with E-state index in [9.17, 15) is 0 Å². The molecule has 0 saturated carbocycles. The molecule has 3 nitrogen and oxygen atoms in total. The van der Waals surface area contributed by atoms with Crippen LogP contribution in [0.1, 0.15) is 46.4 Å². The van der Waals surface area contributed by atoms with Gasteiger partial charge in [0, 0.05) is 35.6 Å². The lowest BCUT2D eigenvalue weighted by molar-refractivity contribution is 0.503. The molecule has 0 amide bonds. The van der Waals surface area contributed by atoms with Crippen molar-refractivity contribution in [2.45, 2.75) is 39.2 Å². The van der Waals surface area contributed by atoms with Gasteiger partial charge in [-0.15, -0.1) is 11.3 Å². The van der Waals surface area contributed by atoms with E-state index in [0.29, 0.717) is 12.0 Å². The molecular weight excluding hydrogens is 278 g/mol. The topological polar surface area (TPSA) is 37.0 Å². The summed E-state index contributed by atoms with van der Waals surface area (Å²) in [7, 11) is 0. The van der Waals surface area contributed by atoms with Gasteiger partial charge in [0.2, 0.25) is 0 Å². The molecule has 112 valence electrons. The van der Waals surface area contributed by atoms with Crippen LogP contribution in [0.25, 0.3) is 0 Å². The Bertz CT molecular complexity index is 620. The largest absolute Gasteiger partial charge is 0.385 e. The Hall–Kier alpha value is -1.39. The van der Waals surface area contributed by atoms with Crippen LogP contribution in [-0.2, 0) is 0 Å². The van der Waals surface area contributed by atoms with Crippen LogP contribution >= 0.6 is 11.3 Å². The fourth-order valence-electron chi connectivity index (χ4n) is 3.12. The summed E-state index contributed by atoms with van der Waals surface area (Å²) in [4.78, 5) is 5.90. The molecule has 0 spiro atoms. The van der Waals surface area contributed by atoms with Gasteiger partial charge in [-0.05, 0) is 38.8 Å². The first-order valence-electron chi connectivity index (χ1n) is 7.65. The van der Waals surface area contributed by atoms with Crippen molar-refractivity contribution in [3.8, 4) is 0 Å². The number of hydrogen-bond donors (Lipinski definition) is 2. The van der Waals surface area contributed by atoms with E-state index in [-0.39, 0.29) is 0 Å². The first-order valence-corrected chi connectivity index (χ1v) is 8.47. The minimum atomic E-state index is 0.373. The van der Waals surface area contributed by atoms with Crippen LogP contribution in [0.5, 0.6) is 0 Å². The highest BCUT2D eigenvalue weighted by Crippen LogP contribution is 2.32. The van der Waals surface area contributed by atoms with Crippen LogP contribution in [0, 0.1) is 13.8 Å². The predicted octanol–water partition coefficient (Wildman–Crippen LogP) is 4.01. The highest BCUT2D eigenvalue weighted by atomic mass is 32.1. The van der Waals surface area contributed by atoms with Crippen LogP contribution in [0.4, 0.5) is 5.69 Å². The van der Waals surface area contributed by atoms with Gasteiger partial charge in [0.1, 0.15) is 0 Å². The molecule has 1 aliphatic heterocycles. The van der Waals surface area contributed by atoms with Crippen LogP contribution in [-0.4, -0.2) is 18.1 Å². The molecule has 3 rings (SSSR count). The number of fused-ring (bicyclic) bond motifs is 1. The van der Waals surface area contributed by atoms with Crippen LogP contribution in [0.3, 0.4) is 0 Å². The van der Waals surface area contributed by atoms with Gasteiger partial charge in [-0.1, -0.05) is 18.2 Å². The van der Waals surface area contributed by atoms with Crippen molar-refractivity contribution in [1.29, 1.82) is 0 Å². The molecule has 2 N–H and O–H groups in total. The lowest BCUT2D eigenvalue weighted by Crippen LogP contribution is -2.28. The Morgan fingerprint density at radius 3 is 2.95 bits per heavy atom. The summed E-state index contributed by atoms with van der Waals surface area (Å²) in [5.41, 5.74) is 3.91. The van der Waals surface area contributed by atoms with E-state index >= 15 is 0 Å². The molecule has 0 aliphatic carbocycles. The first-order chi connectivity index (χ1) is 10.1. The Morgan fingerprint density at radius 2 is 2.19 bits per heavy atom. The molecule has 2 unspecified atom stereocenters. The number of rotatable bonds is 4. The number of aromatic nitrogens is 1. The van der Waals surface area contributed by atoms with Gasteiger partial charge in [-0.3, -0.25) is 0 Å². The molecule has 0 radical (unpaired) electrons. The standard InChI is InChI=1S/C17H23N3S/c1-11(17-12(2)20-13(3)21-17)19-10-14-8-9-18-16-7-5-4-6-15(14)16/h4-7,11,14,18-19H,8-10H2,1-3H3. The molecule has 0 saturated heterocycles. The summed E-state index contributed by atoms with van der Waals surface area (Å²) in [6, 6.07) is 9.05. The summed E-state index contributed by atoms with van der Waals surface area (Å²) < 4.78 is 0.